The number of hydrogen-bond acceptors (Lipinski definition) is 4. The maximum absolute atomic E-state index is 12.1. The number of ether oxygens (including phenoxy) is 1. The lowest BCUT2D eigenvalue weighted by Gasteiger charge is -2.09. The zero-order chi connectivity index (χ0) is 19.9. The molecule has 0 N–H and O–H groups in total. The Labute approximate surface area is 163 Å². The van der Waals surface area contributed by atoms with Gasteiger partial charge >= 0.3 is 5.69 Å². The summed E-state index contributed by atoms with van der Waals surface area (Å²) in [5.74, 6) is 0.0786. The number of Topliss-reactive ketones (excluding diaryl/α,β-unsaturated/α-hetero) is 1. The zero-order valence-electron chi connectivity index (χ0n) is 15.4. The number of hydrogen-bond donors (Lipinski definition) is 0. The molecule has 3 rings (SSSR count). The SMILES string of the molecule is CC(=O)C(=Cc1ccc([N+](=O)[O-])c(OCc2ccccc2)c1)c1ccccc1. The van der Waals surface area contributed by atoms with Gasteiger partial charge in [0.1, 0.15) is 6.61 Å². The van der Waals surface area contributed by atoms with Crippen molar-refractivity contribution < 1.29 is 14.5 Å². The van der Waals surface area contributed by atoms with Gasteiger partial charge in [0, 0.05) is 11.6 Å². The second kappa shape index (κ2) is 8.77. The summed E-state index contributed by atoms with van der Waals surface area (Å²) < 4.78 is 5.72. The molecule has 0 aromatic heterocycles. The second-order valence-electron chi connectivity index (χ2n) is 6.24. The number of nitrogens with zero attached hydrogens (tertiary/aromatic N) is 1. The second-order valence-corrected chi connectivity index (χ2v) is 6.24. The van der Waals surface area contributed by atoms with Crippen molar-refractivity contribution in [1.29, 1.82) is 0 Å². The molecule has 0 atom stereocenters. The number of nitro benzene ring substituents is 1. The average Bonchev–Trinajstić information content (AvgIpc) is 2.71. The molecular weight excluding hydrogens is 354 g/mol. The fourth-order valence-electron chi connectivity index (χ4n) is 2.79. The summed E-state index contributed by atoms with van der Waals surface area (Å²) in [6.07, 6.45) is 1.72. The zero-order valence-corrected chi connectivity index (χ0v) is 15.4. The predicted octanol–water partition coefficient (Wildman–Crippen LogP) is 5.30. The van der Waals surface area contributed by atoms with E-state index in [2.05, 4.69) is 0 Å². The van der Waals surface area contributed by atoms with E-state index < -0.39 is 4.92 Å². The summed E-state index contributed by atoms with van der Waals surface area (Å²) >= 11 is 0. The largest absolute Gasteiger partial charge is 0.482 e. The van der Waals surface area contributed by atoms with Crippen molar-refractivity contribution in [2.24, 2.45) is 0 Å². The monoisotopic (exact) mass is 373 g/mol. The van der Waals surface area contributed by atoms with E-state index in [-0.39, 0.29) is 23.8 Å². The molecule has 3 aromatic rings. The van der Waals surface area contributed by atoms with Crippen LogP contribution in [0.15, 0.2) is 78.9 Å². The maximum Gasteiger partial charge on any atom is 0.310 e. The molecule has 0 aliphatic carbocycles. The van der Waals surface area contributed by atoms with Crippen LogP contribution in [0.4, 0.5) is 5.69 Å². The molecule has 0 saturated heterocycles. The van der Waals surface area contributed by atoms with Crippen LogP contribution in [0, 0.1) is 10.1 Å². The summed E-state index contributed by atoms with van der Waals surface area (Å²) in [7, 11) is 0. The molecular formula is C23H19NO4. The highest BCUT2D eigenvalue weighted by molar-refractivity contribution is 6.24. The number of nitro groups is 1. The van der Waals surface area contributed by atoms with Gasteiger partial charge in [0.05, 0.1) is 4.92 Å². The quantitative estimate of drug-likeness (QED) is 0.244. The van der Waals surface area contributed by atoms with Crippen LogP contribution in [0.2, 0.25) is 0 Å². The van der Waals surface area contributed by atoms with Gasteiger partial charge in [0.15, 0.2) is 11.5 Å². The molecule has 140 valence electrons. The minimum absolute atomic E-state index is 0.0868. The first kappa shape index (κ1) is 19.0. The summed E-state index contributed by atoms with van der Waals surface area (Å²) in [5.41, 5.74) is 2.77. The van der Waals surface area contributed by atoms with E-state index in [1.807, 2.05) is 60.7 Å². The molecule has 0 unspecified atom stereocenters. The minimum Gasteiger partial charge on any atom is -0.482 e. The minimum atomic E-state index is -0.475. The summed E-state index contributed by atoms with van der Waals surface area (Å²) in [5, 5.41) is 11.4. The third-order valence-corrected chi connectivity index (χ3v) is 4.19. The lowest BCUT2D eigenvalue weighted by atomic mass is 9.99. The van der Waals surface area contributed by atoms with Crippen LogP contribution < -0.4 is 4.74 Å². The van der Waals surface area contributed by atoms with Gasteiger partial charge in [-0.05, 0) is 41.8 Å². The van der Waals surface area contributed by atoms with Crippen molar-refractivity contribution in [3.05, 3.63) is 106 Å². The van der Waals surface area contributed by atoms with Crippen molar-refractivity contribution in [3.8, 4) is 5.75 Å². The van der Waals surface area contributed by atoms with E-state index in [0.717, 1.165) is 11.1 Å². The van der Waals surface area contributed by atoms with Gasteiger partial charge in [0.25, 0.3) is 0 Å². The molecule has 0 heterocycles. The Morgan fingerprint density at radius 2 is 1.64 bits per heavy atom. The Morgan fingerprint density at radius 1 is 1.00 bits per heavy atom. The van der Waals surface area contributed by atoms with Crippen molar-refractivity contribution in [2.45, 2.75) is 13.5 Å². The number of benzene rings is 3. The predicted molar refractivity (Wildman–Crippen MR) is 109 cm³/mol. The van der Waals surface area contributed by atoms with Crippen molar-refractivity contribution in [3.63, 3.8) is 0 Å². The van der Waals surface area contributed by atoms with E-state index in [1.165, 1.54) is 13.0 Å². The number of carbonyl (C=O) groups excluding carboxylic acids is 1. The molecule has 28 heavy (non-hydrogen) atoms. The Kier molecular flexibility index (Phi) is 5.97. The van der Waals surface area contributed by atoms with Gasteiger partial charge in [-0.3, -0.25) is 14.9 Å². The fourth-order valence-corrected chi connectivity index (χ4v) is 2.79. The molecule has 3 aromatic carbocycles. The molecule has 0 radical (unpaired) electrons. The van der Waals surface area contributed by atoms with Gasteiger partial charge in [-0.2, -0.15) is 0 Å². The number of rotatable bonds is 7. The molecule has 0 saturated carbocycles. The Hall–Kier alpha value is -3.73. The van der Waals surface area contributed by atoms with Crippen LogP contribution in [0.3, 0.4) is 0 Å². The molecule has 0 amide bonds. The average molecular weight is 373 g/mol. The first-order valence-corrected chi connectivity index (χ1v) is 8.78. The van der Waals surface area contributed by atoms with E-state index in [0.29, 0.717) is 11.1 Å². The summed E-state index contributed by atoms with van der Waals surface area (Å²) in [4.78, 5) is 23.0. The Bertz CT molecular complexity index is 1010. The summed E-state index contributed by atoms with van der Waals surface area (Å²) in [6, 6.07) is 23.3. The molecule has 0 fully saturated rings. The topological polar surface area (TPSA) is 69.4 Å². The van der Waals surface area contributed by atoms with Crippen LogP contribution in [0.25, 0.3) is 11.6 Å². The van der Waals surface area contributed by atoms with Gasteiger partial charge in [-0.25, -0.2) is 0 Å². The van der Waals surface area contributed by atoms with Gasteiger partial charge in [0.2, 0.25) is 0 Å². The highest BCUT2D eigenvalue weighted by atomic mass is 16.6. The highest BCUT2D eigenvalue weighted by Gasteiger charge is 2.16. The fraction of sp³-hybridized carbons (Fsp3) is 0.0870. The Balaban J connectivity index is 1.95. The van der Waals surface area contributed by atoms with Gasteiger partial charge < -0.3 is 4.74 Å². The standard InChI is InChI=1S/C23H19NO4/c1-17(25)21(20-10-6-3-7-11-20)14-19-12-13-22(24(26)27)23(15-19)28-16-18-8-4-2-5-9-18/h2-15H,16H2,1H3. The lowest BCUT2D eigenvalue weighted by Crippen LogP contribution is -2.00. The van der Waals surface area contributed by atoms with E-state index in [4.69, 9.17) is 4.74 Å². The van der Waals surface area contributed by atoms with Gasteiger partial charge in [-0.1, -0.05) is 60.7 Å². The van der Waals surface area contributed by atoms with Crippen molar-refractivity contribution >= 4 is 23.1 Å². The van der Waals surface area contributed by atoms with E-state index in [9.17, 15) is 14.9 Å². The molecule has 0 bridgehead atoms. The molecule has 0 aliphatic heterocycles. The molecule has 5 heteroatoms. The van der Waals surface area contributed by atoms with E-state index >= 15 is 0 Å². The van der Waals surface area contributed by atoms with Crippen LogP contribution in [-0.4, -0.2) is 10.7 Å². The number of allylic oxidation sites excluding steroid dienone is 1. The molecule has 5 nitrogen and oxygen atoms in total. The van der Waals surface area contributed by atoms with Crippen LogP contribution >= 0.6 is 0 Å². The van der Waals surface area contributed by atoms with Crippen molar-refractivity contribution in [2.75, 3.05) is 0 Å². The lowest BCUT2D eigenvalue weighted by molar-refractivity contribution is -0.385. The third kappa shape index (κ3) is 4.71. The number of carbonyl (C=O) groups is 1. The van der Waals surface area contributed by atoms with Crippen LogP contribution in [-0.2, 0) is 11.4 Å². The first-order chi connectivity index (χ1) is 13.5. The maximum atomic E-state index is 12.1. The van der Waals surface area contributed by atoms with E-state index in [1.54, 1.807) is 18.2 Å². The highest BCUT2D eigenvalue weighted by Crippen LogP contribution is 2.30. The van der Waals surface area contributed by atoms with Crippen LogP contribution in [0.5, 0.6) is 5.75 Å². The Morgan fingerprint density at radius 3 is 2.25 bits per heavy atom. The first-order valence-electron chi connectivity index (χ1n) is 8.78. The third-order valence-electron chi connectivity index (χ3n) is 4.19. The molecule has 0 spiro atoms. The van der Waals surface area contributed by atoms with Gasteiger partial charge in [-0.15, -0.1) is 0 Å². The van der Waals surface area contributed by atoms with Crippen molar-refractivity contribution in [1.82, 2.24) is 0 Å². The number of ketones is 1. The normalized spacial score (nSPS) is 11.1. The molecule has 0 aliphatic rings. The summed E-state index contributed by atoms with van der Waals surface area (Å²) in [6.45, 7) is 1.71. The smallest absolute Gasteiger partial charge is 0.310 e. The van der Waals surface area contributed by atoms with Crippen LogP contribution in [0.1, 0.15) is 23.6 Å².